The first-order valence-electron chi connectivity index (χ1n) is 6.48. The molecule has 1 rings (SSSR count). The summed E-state index contributed by atoms with van der Waals surface area (Å²) in [5.74, 6) is -1.75. The van der Waals surface area contributed by atoms with Crippen LogP contribution in [-0.4, -0.2) is 49.1 Å². The summed E-state index contributed by atoms with van der Waals surface area (Å²) < 4.78 is 0. The molecule has 108 valence electrons. The van der Waals surface area contributed by atoms with Crippen molar-refractivity contribution in [1.29, 1.82) is 0 Å². The summed E-state index contributed by atoms with van der Waals surface area (Å²) in [6.45, 7) is 2.86. The SMILES string of the molecule is CCC1(C(=O)NCC(=O)NCC(=O)O)CCCNC1. The smallest absolute Gasteiger partial charge is 0.322 e. The zero-order valence-electron chi connectivity index (χ0n) is 11.1. The molecule has 7 heteroatoms. The minimum Gasteiger partial charge on any atom is -0.480 e. The van der Waals surface area contributed by atoms with Gasteiger partial charge in [-0.2, -0.15) is 0 Å². The van der Waals surface area contributed by atoms with Crippen LogP contribution in [0.25, 0.3) is 0 Å². The second-order valence-electron chi connectivity index (χ2n) is 4.77. The third-order valence-corrected chi connectivity index (χ3v) is 3.48. The van der Waals surface area contributed by atoms with E-state index in [1.165, 1.54) is 0 Å². The van der Waals surface area contributed by atoms with Crippen LogP contribution in [0.4, 0.5) is 0 Å². The Balaban J connectivity index is 2.40. The number of carbonyl (C=O) groups excluding carboxylic acids is 2. The van der Waals surface area contributed by atoms with Crippen LogP contribution in [0, 0.1) is 5.41 Å². The number of aliphatic carboxylic acids is 1. The Bertz CT molecular complexity index is 351. The van der Waals surface area contributed by atoms with Gasteiger partial charge >= 0.3 is 5.97 Å². The first kappa shape index (κ1) is 15.4. The lowest BCUT2D eigenvalue weighted by atomic mass is 9.77. The van der Waals surface area contributed by atoms with E-state index in [0.717, 1.165) is 19.4 Å². The van der Waals surface area contributed by atoms with Gasteiger partial charge in [0.1, 0.15) is 6.54 Å². The van der Waals surface area contributed by atoms with E-state index in [-0.39, 0.29) is 12.5 Å². The van der Waals surface area contributed by atoms with Gasteiger partial charge in [-0.05, 0) is 25.8 Å². The lowest BCUT2D eigenvalue weighted by Gasteiger charge is -2.35. The molecule has 1 atom stereocenters. The summed E-state index contributed by atoms with van der Waals surface area (Å²) >= 11 is 0. The van der Waals surface area contributed by atoms with Crippen molar-refractivity contribution >= 4 is 17.8 Å². The second kappa shape index (κ2) is 7.08. The Hall–Kier alpha value is -1.63. The standard InChI is InChI=1S/C12H21N3O4/c1-2-12(4-3-5-13-8-12)11(19)15-6-9(16)14-7-10(17)18/h13H,2-8H2,1H3,(H,14,16)(H,15,19)(H,17,18). The molecule has 0 saturated carbocycles. The monoisotopic (exact) mass is 271 g/mol. The number of hydrogen-bond acceptors (Lipinski definition) is 4. The summed E-state index contributed by atoms with van der Waals surface area (Å²) in [5, 5.41) is 16.4. The fourth-order valence-corrected chi connectivity index (χ4v) is 2.21. The first-order chi connectivity index (χ1) is 9.00. The number of hydrogen-bond donors (Lipinski definition) is 4. The zero-order chi connectivity index (χ0) is 14.3. The maximum atomic E-state index is 12.1. The quantitative estimate of drug-likeness (QED) is 0.500. The molecule has 0 radical (unpaired) electrons. The largest absolute Gasteiger partial charge is 0.480 e. The van der Waals surface area contributed by atoms with E-state index in [9.17, 15) is 14.4 Å². The van der Waals surface area contributed by atoms with Gasteiger partial charge < -0.3 is 21.1 Å². The molecule has 1 fully saturated rings. The Labute approximate surface area is 112 Å². The number of carboxylic acids is 1. The van der Waals surface area contributed by atoms with Crippen molar-refractivity contribution in [2.75, 3.05) is 26.2 Å². The first-order valence-corrected chi connectivity index (χ1v) is 6.48. The van der Waals surface area contributed by atoms with Crippen molar-refractivity contribution in [3.05, 3.63) is 0 Å². The van der Waals surface area contributed by atoms with E-state index in [2.05, 4.69) is 16.0 Å². The van der Waals surface area contributed by atoms with Crippen LogP contribution >= 0.6 is 0 Å². The molecule has 0 aromatic rings. The van der Waals surface area contributed by atoms with Crippen molar-refractivity contribution in [3.8, 4) is 0 Å². The molecule has 0 aromatic heterocycles. The molecule has 7 nitrogen and oxygen atoms in total. The van der Waals surface area contributed by atoms with Crippen LogP contribution in [0.1, 0.15) is 26.2 Å². The van der Waals surface area contributed by atoms with Crippen molar-refractivity contribution < 1.29 is 19.5 Å². The maximum absolute atomic E-state index is 12.1. The number of amides is 2. The van der Waals surface area contributed by atoms with Gasteiger partial charge in [0.15, 0.2) is 0 Å². The van der Waals surface area contributed by atoms with E-state index in [4.69, 9.17) is 5.11 Å². The molecule has 1 aliphatic heterocycles. The van der Waals surface area contributed by atoms with E-state index in [1.807, 2.05) is 6.92 Å². The Morgan fingerprint density at radius 2 is 2.00 bits per heavy atom. The van der Waals surface area contributed by atoms with Gasteiger partial charge in [-0.25, -0.2) is 0 Å². The van der Waals surface area contributed by atoms with Gasteiger partial charge in [-0.1, -0.05) is 6.92 Å². The highest BCUT2D eigenvalue weighted by molar-refractivity contribution is 5.89. The molecule has 1 heterocycles. The van der Waals surface area contributed by atoms with Crippen LogP contribution in [0.5, 0.6) is 0 Å². The molecule has 1 aliphatic rings. The molecule has 1 unspecified atom stereocenters. The fraction of sp³-hybridized carbons (Fsp3) is 0.750. The molecule has 19 heavy (non-hydrogen) atoms. The fourth-order valence-electron chi connectivity index (χ4n) is 2.21. The summed E-state index contributed by atoms with van der Waals surface area (Å²) in [4.78, 5) is 33.7. The van der Waals surface area contributed by atoms with E-state index in [1.54, 1.807) is 0 Å². The molecule has 0 bridgehead atoms. The lowest BCUT2D eigenvalue weighted by Crippen LogP contribution is -2.52. The average molecular weight is 271 g/mol. The minimum atomic E-state index is -1.11. The van der Waals surface area contributed by atoms with Crippen LogP contribution < -0.4 is 16.0 Å². The second-order valence-corrected chi connectivity index (χ2v) is 4.77. The molecule has 0 spiro atoms. The predicted molar refractivity (Wildman–Crippen MR) is 68.5 cm³/mol. The number of rotatable bonds is 6. The highest BCUT2D eigenvalue weighted by atomic mass is 16.4. The Morgan fingerprint density at radius 1 is 1.26 bits per heavy atom. The minimum absolute atomic E-state index is 0.146. The molecular weight excluding hydrogens is 250 g/mol. The summed E-state index contributed by atoms with van der Waals surface area (Å²) in [6.07, 6.45) is 2.45. The highest BCUT2D eigenvalue weighted by Crippen LogP contribution is 2.29. The van der Waals surface area contributed by atoms with Crippen molar-refractivity contribution in [3.63, 3.8) is 0 Å². The maximum Gasteiger partial charge on any atom is 0.322 e. The highest BCUT2D eigenvalue weighted by Gasteiger charge is 2.37. The molecule has 2 amide bonds. The van der Waals surface area contributed by atoms with Crippen molar-refractivity contribution in [2.45, 2.75) is 26.2 Å². The van der Waals surface area contributed by atoms with Crippen LogP contribution in [0.2, 0.25) is 0 Å². The number of piperidine rings is 1. The van der Waals surface area contributed by atoms with Gasteiger partial charge in [0, 0.05) is 6.54 Å². The zero-order valence-corrected chi connectivity index (χ0v) is 11.1. The van der Waals surface area contributed by atoms with Gasteiger partial charge in [0.2, 0.25) is 11.8 Å². The molecule has 1 saturated heterocycles. The van der Waals surface area contributed by atoms with Gasteiger partial charge in [-0.15, -0.1) is 0 Å². The molecular formula is C12H21N3O4. The number of nitrogens with one attached hydrogen (secondary N) is 3. The third kappa shape index (κ3) is 4.51. The van der Waals surface area contributed by atoms with Crippen LogP contribution in [0.3, 0.4) is 0 Å². The Morgan fingerprint density at radius 3 is 2.53 bits per heavy atom. The predicted octanol–water partition coefficient (Wildman–Crippen LogP) is -0.917. The number of carbonyl (C=O) groups is 3. The summed E-state index contributed by atoms with van der Waals surface area (Å²) in [5.41, 5.74) is -0.453. The lowest BCUT2D eigenvalue weighted by molar-refractivity contribution is -0.138. The van der Waals surface area contributed by atoms with Crippen molar-refractivity contribution in [1.82, 2.24) is 16.0 Å². The Kier molecular flexibility index (Phi) is 5.75. The average Bonchev–Trinajstić information content (AvgIpc) is 2.43. The van der Waals surface area contributed by atoms with Gasteiger partial charge in [-0.3, -0.25) is 14.4 Å². The van der Waals surface area contributed by atoms with Crippen LogP contribution in [0.15, 0.2) is 0 Å². The third-order valence-electron chi connectivity index (χ3n) is 3.48. The van der Waals surface area contributed by atoms with Crippen molar-refractivity contribution in [2.24, 2.45) is 5.41 Å². The van der Waals surface area contributed by atoms with Gasteiger partial charge in [0.25, 0.3) is 0 Å². The molecule has 4 N–H and O–H groups in total. The number of carboxylic acid groups (broad SMARTS) is 1. The topological polar surface area (TPSA) is 108 Å². The van der Waals surface area contributed by atoms with Crippen LogP contribution in [-0.2, 0) is 14.4 Å². The van der Waals surface area contributed by atoms with Gasteiger partial charge in [0.05, 0.1) is 12.0 Å². The summed E-state index contributed by atoms with van der Waals surface area (Å²) in [6, 6.07) is 0. The molecule has 0 aliphatic carbocycles. The molecule has 0 aromatic carbocycles. The van der Waals surface area contributed by atoms with E-state index in [0.29, 0.717) is 13.0 Å². The van der Waals surface area contributed by atoms with E-state index < -0.39 is 23.8 Å². The van der Waals surface area contributed by atoms with E-state index >= 15 is 0 Å². The normalized spacial score (nSPS) is 22.6. The summed E-state index contributed by atoms with van der Waals surface area (Å²) in [7, 11) is 0.